The molecule has 0 bridgehead atoms. The van der Waals surface area contributed by atoms with E-state index < -0.39 is 17.6 Å². The summed E-state index contributed by atoms with van der Waals surface area (Å²) in [5.41, 5.74) is -0.985. The number of rotatable bonds is 5. The number of benzene rings is 1. The van der Waals surface area contributed by atoms with Gasteiger partial charge in [-0.05, 0) is 42.9 Å². The molecule has 158 valence electrons. The van der Waals surface area contributed by atoms with Crippen molar-refractivity contribution in [1.82, 2.24) is 15.5 Å². The lowest BCUT2D eigenvalue weighted by Gasteiger charge is -2.26. The van der Waals surface area contributed by atoms with Crippen LogP contribution < -0.4 is 10.6 Å². The van der Waals surface area contributed by atoms with Crippen LogP contribution in [0.4, 0.5) is 13.2 Å². The zero-order chi connectivity index (χ0) is 20.6. The number of nitrogens with one attached hydrogen (secondary N) is 2. The lowest BCUT2D eigenvalue weighted by Crippen LogP contribution is -2.43. The molecule has 1 heterocycles. The Kier molecular flexibility index (Phi) is 5.55. The largest absolute Gasteiger partial charge is 0.416 e. The molecular formula is C21H26F3N3O2. The van der Waals surface area contributed by atoms with Crippen LogP contribution in [0.3, 0.4) is 0 Å². The van der Waals surface area contributed by atoms with Crippen LogP contribution in [0.5, 0.6) is 0 Å². The van der Waals surface area contributed by atoms with Crippen molar-refractivity contribution in [3.63, 3.8) is 0 Å². The average Bonchev–Trinajstić information content (AvgIpc) is 3.13. The van der Waals surface area contributed by atoms with E-state index in [4.69, 9.17) is 0 Å². The minimum Gasteiger partial charge on any atom is -0.343 e. The molecule has 1 saturated heterocycles. The maximum Gasteiger partial charge on any atom is 0.416 e. The molecule has 0 spiro atoms. The van der Waals surface area contributed by atoms with Crippen molar-refractivity contribution in [3.05, 3.63) is 35.4 Å². The molecule has 2 N–H and O–H groups in total. The first-order valence-corrected chi connectivity index (χ1v) is 10.3. The zero-order valence-electron chi connectivity index (χ0n) is 16.2. The van der Waals surface area contributed by atoms with Gasteiger partial charge in [0.2, 0.25) is 5.91 Å². The SMILES string of the molecule is O=C(NCC(=O)N1CC2C(NC3CCCCC3)[C@@H]2C1)c1cccc(C(F)(F)F)c1. The van der Waals surface area contributed by atoms with Crippen LogP contribution in [0.15, 0.2) is 24.3 Å². The lowest BCUT2D eigenvalue weighted by molar-refractivity contribution is -0.137. The molecule has 3 atom stereocenters. The van der Waals surface area contributed by atoms with E-state index in [1.807, 2.05) is 0 Å². The highest BCUT2D eigenvalue weighted by molar-refractivity contribution is 5.96. The number of halogens is 3. The van der Waals surface area contributed by atoms with Crippen molar-refractivity contribution in [2.45, 2.75) is 50.4 Å². The van der Waals surface area contributed by atoms with Gasteiger partial charge in [0.05, 0.1) is 12.1 Å². The number of hydrogen-bond acceptors (Lipinski definition) is 3. The maximum absolute atomic E-state index is 12.8. The second kappa shape index (κ2) is 7.97. The minimum absolute atomic E-state index is 0.103. The molecule has 5 nitrogen and oxygen atoms in total. The number of hydrogen-bond donors (Lipinski definition) is 2. The number of likely N-dealkylation sites (tertiary alicyclic amines) is 1. The Labute approximate surface area is 168 Å². The van der Waals surface area contributed by atoms with Crippen LogP contribution in [-0.4, -0.2) is 48.4 Å². The monoisotopic (exact) mass is 409 g/mol. The Morgan fingerprint density at radius 2 is 1.76 bits per heavy atom. The summed E-state index contributed by atoms with van der Waals surface area (Å²) in [6.45, 7) is 1.18. The summed E-state index contributed by atoms with van der Waals surface area (Å²) in [6.07, 6.45) is 1.86. The van der Waals surface area contributed by atoms with Crippen LogP contribution in [0.1, 0.15) is 48.0 Å². The molecule has 8 heteroatoms. The van der Waals surface area contributed by atoms with Gasteiger partial charge in [0.15, 0.2) is 0 Å². The van der Waals surface area contributed by atoms with Crippen molar-refractivity contribution < 1.29 is 22.8 Å². The van der Waals surface area contributed by atoms with Gasteiger partial charge in [-0.1, -0.05) is 25.3 Å². The number of amides is 2. The molecule has 3 fully saturated rings. The molecule has 4 rings (SSSR count). The summed E-state index contributed by atoms with van der Waals surface area (Å²) < 4.78 is 38.3. The highest BCUT2D eigenvalue weighted by Crippen LogP contribution is 2.46. The Morgan fingerprint density at radius 3 is 2.41 bits per heavy atom. The van der Waals surface area contributed by atoms with Gasteiger partial charge in [0.25, 0.3) is 5.91 Å². The van der Waals surface area contributed by atoms with E-state index in [2.05, 4.69) is 10.6 Å². The quantitative estimate of drug-likeness (QED) is 0.786. The number of carbonyl (C=O) groups is 2. The standard InChI is InChI=1S/C21H26F3N3O2/c22-21(23,24)14-6-4-5-13(9-14)20(29)25-10-18(28)27-11-16-17(12-27)19(16)26-15-7-2-1-3-8-15/h4-6,9,15-17,19,26H,1-3,7-8,10-12H2,(H,25,29)/t16-,17?,19?/m1/s1. The van der Waals surface area contributed by atoms with Crippen molar-refractivity contribution in [3.8, 4) is 0 Å². The summed E-state index contributed by atoms with van der Waals surface area (Å²) in [5.74, 6) is 0.111. The Balaban J connectivity index is 1.22. The summed E-state index contributed by atoms with van der Waals surface area (Å²) in [4.78, 5) is 26.3. The van der Waals surface area contributed by atoms with Crippen LogP contribution in [0, 0.1) is 11.8 Å². The summed E-state index contributed by atoms with van der Waals surface area (Å²) in [7, 11) is 0. The van der Waals surface area contributed by atoms with Crippen LogP contribution >= 0.6 is 0 Å². The zero-order valence-corrected chi connectivity index (χ0v) is 16.2. The molecule has 0 aromatic heterocycles. The topological polar surface area (TPSA) is 61.4 Å². The van der Waals surface area contributed by atoms with Gasteiger partial charge >= 0.3 is 6.18 Å². The Bertz CT molecular complexity index is 765. The van der Waals surface area contributed by atoms with E-state index in [1.54, 1.807) is 4.90 Å². The molecule has 29 heavy (non-hydrogen) atoms. The normalized spacial score (nSPS) is 26.9. The first-order chi connectivity index (χ1) is 13.8. The lowest BCUT2D eigenvalue weighted by atomic mass is 9.95. The molecule has 2 aliphatic carbocycles. The van der Waals surface area contributed by atoms with E-state index in [0.29, 0.717) is 37.0 Å². The summed E-state index contributed by atoms with van der Waals surface area (Å²) >= 11 is 0. The van der Waals surface area contributed by atoms with E-state index in [0.717, 1.165) is 12.1 Å². The third kappa shape index (κ3) is 4.57. The highest BCUT2D eigenvalue weighted by Gasteiger charge is 2.56. The second-order valence-electron chi connectivity index (χ2n) is 8.42. The van der Waals surface area contributed by atoms with Crippen molar-refractivity contribution in [1.29, 1.82) is 0 Å². The van der Waals surface area contributed by atoms with Gasteiger partial charge in [-0.3, -0.25) is 9.59 Å². The molecule has 2 saturated carbocycles. The van der Waals surface area contributed by atoms with Gasteiger partial charge in [0, 0.05) is 30.7 Å². The van der Waals surface area contributed by atoms with E-state index in [1.165, 1.54) is 44.2 Å². The number of alkyl halides is 3. The van der Waals surface area contributed by atoms with E-state index in [-0.39, 0.29) is 18.0 Å². The van der Waals surface area contributed by atoms with Gasteiger partial charge in [-0.15, -0.1) is 0 Å². The van der Waals surface area contributed by atoms with Gasteiger partial charge in [-0.2, -0.15) is 13.2 Å². The first-order valence-electron chi connectivity index (χ1n) is 10.3. The molecule has 1 aromatic rings. The molecule has 3 aliphatic rings. The van der Waals surface area contributed by atoms with Crippen LogP contribution in [0.25, 0.3) is 0 Å². The van der Waals surface area contributed by atoms with Crippen LogP contribution in [-0.2, 0) is 11.0 Å². The fraction of sp³-hybridized carbons (Fsp3) is 0.619. The number of nitrogens with zero attached hydrogens (tertiary/aromatic N) is 1. The predicted octanol–water partition coefficient (Wildman–Crippen LogP) is 2.81. The van der Waals surface area contributed by atoms with Gasteiger partial charge in [-0.25, -0.2) is 0 Å². The second-order valence-corrected chi connectivity index (χ2v) is 8.42. The van der Waals surface area contributed by atoms with E-state index >= 15 is 0 Å². The molecule has 0 radical (unpaired) electrons. The smallest absolute Gasteiger partial charge is 0.343 e. The number of fused-ring (bicyclic) bond motifs is 1. The molecule has 1 aliphatic heterocycles. The third-order valence-electron chi connectivity index (χ3n) is 6.43. The fourth-order valence-electron chi connectivity index (χ4n) is 4.73. The number of carbonyl (C=O) groups excluding carboxylic acids is 2. The fourth-order valence-corrected chi connectivity index (χ4v) is 4.73. The van der Waals surface area contributed by atoms with Crippen molar-refractivity contribution in [2.24, 2.45) is 11.8 Å². The third-order valence-corrected chi connectivity index (χ3v) is 6.43. The highest BCUT2D eigenvalue weighted by atomic mass is 19.4. The molecule has 2 unspecified atom stereocenters. The minimum atomic E-state index is -4.51. The first kappa shape index (κ1) is 20.2. The predicted molar refractivity (Wildman–Crippen MR) is 101 cm³/mol. The van der Waals surface area contributed by atoms with Gasteiger partial charge < -0.3 is 15.5 Å². The Morgan fingerprint density at radius 1 is 1.07 bits per heavy atom. The average molecular weight is 409 g/mol. The maximum atomic E-state index is 12.8. The number of piperidine rings is 1. The molecule has 1 aromatic carbocycles. The van der Waals surface area contributed by atoms with Crippen molar-refractivity contribution >= 4 is 11.8 Å². The van der Waals surface area contributed by atoms with Gasteiger partial charge in [0.1, 0.15) is 0 Å². The van der Waals surface area contributed by atoms with E-state index in [9.17, 15) is 22.8 Å². The van der Waals surface area contributed by atoms with Crippen molar-refractivity contribution in [2.75, 3.05) is 19.6 Å². The molecule has 2 amide bonds. The molecular weight excluding hydrogens is 383 g/mol. The summed E-state index contributed by atoms with van der Waals surface area (Å²) in [6, 6.07) is 5.31. The van der Waals surface area contributed by atoms with Crippen LogP contribution in [0.2, 0.25) is 0 Å². The Hall–Kier alpha value is -2.09. The summed E-state index contributed by atoms with van der Waals surface area (Å²) in [5, 5.41) is 6.19.